The summed E-state index contributed by atoms with van der Waals surface area (Å²) >= 11 is 0. The minimum Gasteiger partial charge on any atom is -0.250 e. The standard InChI is InChI=1S/C12H14O3S/c1-4-5-11(3)15-16(13,14)12-8-6-10(2)7-9-12/h6-9,11H,1-3H3. The molecule has 0 spiro atoms. The van der Waals surface area contributed by atoms with Crippen LogP contribution < -0.4 is 0 Å². The molecule has 1 aromatic rings. The number of aryl methyl sites for hydroxylation is 1. The third-order valence-electron chi connectivity index (χ3n) is 1.93. The van der Waals surface area contributed by atoms with E-state index >= 15 is 0 Å². The minimum atomic E-state index is -3.70. The second-order valence-corrected chi connectivity index (χ2v) is 4.97. The zero-order chi connectivity index (χ0) is 12.2. The highest BCUT2D eigenvalue weighted by Gasteiger charge is 2.17. The van der Waals surface area contributed by atoms with Crippen LogP contribution in [0.15, 0.2) is 29.2 Å². The Bertz CT molecular complexity index is 503. The van der Waals surface area contributed by atoms with Gasteiger partial charge in [-0.05, 0) is 32.9 Å². The van der Waals surface area contributed by atoms with Crippen LogP contribution in [0.4, 0.5) is 0 Å². The molecule has 4 heteroatoms. The molecule has 0 saturated heterocycles. The van der Waals surface area contributed by atoms with Crippen molar-refractivity contribution in [2.75, 3.05) is 0 Å². The zero-order valence-electron chi connectivity index (χ0n) is 9.52. The predicted molar refractivity (Wildman–Crippen MR) is 62.4 cm³/mol. The molecule has 0 aliphatic carbocycles. The van der Waals surface area contributed by atoms with Gasteiger partial charge in [-0.3, -0.25) is 4.18 Å². The molecule has 0 aromatic heterocycles. The number of hydrogen-bond acceptors (Lipinski definition) is 3. The van der Waals surface area contributed by atoms with E-state index in [0.29, 0.717) is 0 Å². The van der Waals surface area contributed by atoms with E-state index in [1.165, 1.54) is 12.1 Å². The van der Waals surface area contributed by atoms with Gasteiger partial charge in [0.1, 0.15) is 6.10 Å². The molecule has 0 fully saturated rings. The lowest BCUT2D eigenvalue weighted by Crippen LogP contribution is -2.13. The van der Waals surface area contributed by atoms with Gasteiger partial charge in [-0.2, -0.15) is 8.42 Å². The van der Waals surface area contributed by atoms with Crippen molar-refractivity contribution in [1.82, 2.24) is 0 Å². The summed E-state index contributed by atoms with van der Waals surface area (Å²) < 4.78 is 28.4. The molecule has 0 amide bonds. The molecule has 0 N–H and O–H groups in total. The topological polar surface area (TPSA) is 43.4 Å². The average molecular weight is 238 g/mol. The first-order chi connectivity index (χ1) is 7.45. The zero-order valence-corrected chi connectivity index (χ0v) is 10.3. The van der Waals surface area contributed by atoms with E-state index in [-0.39, 0.29) is 4.90 Å². The fourth-order valence-corrected chi connectivity index (χ4v) is 2.19. The molecular weight excluding hydrogens is 224 g/mol. The van der Waals surface area contributed by atoms with Crippen LogP contribution in [0.3, 0.4) is 0 Å². The number of hydrogen-bond donors (Lipinski definition) is 0. The molecule has 1 rings (SSSR count). The van der Waals surface area contributed by atoms with Crippen LogP contribution in [-0.4, -0.2) is 14.5 Å². The van der Waals surface area contributed by atoms with Crippen molar-refractivity contribution in [1.29, 1.82) is 0 Å². The van der Waals surface area contributed by atoms with E-state index in [4.69, 9.17) is 4.18 Å². The predicted octanol–water partition coefficient (Wildman–Crippen LogP) is 2.11. The van der Waals surface area contributed by atoms with Gasteiger partial charge in [0.05, 0.1) is 4.90 Å². The van der Waals surface area contributed by atoms with Crippen molar-refractivity contribution in [3.8, 4) is 11.8 Å². The molecule has 86 valence electrons. The Morgan fingerprint density at radius 1 is 1.25 bits per heavy atom. The van der Waals surface area contributed by atoms with E-state index in [9.17, 15) is 8.42 Å². The van der Waals surface area contributed by atoms with Gasteiger partial charge in [0, 0.05) is 0 Å². The van der Waals surface area contributed by atoms with Crippen LogP contribution in [0.5, 0.6) is 0 Å². The Morgan fingerprint density at radius 3 is 2.31 bits per heavy atom. The first-order valence-electron chi connectivity index (χ1n) is 4.88. The quantitative estimate of drug-likeness (QED) is 0.598. The summed E-state index contributed by atoms with van der Waals surface area (Å²) in [5.74, 6) is 5.24. The van der Waals surface area contributed by atoms with Gasteiger partial charge in [0.25, 0.3) is 10.1 Å². The molecule has 0 aliphatic rings. The Hall–Kier alpha value is -1.31. The van der Waals surface area contributed by atoms with Crippen LogP contribution in [0.2, 0.25) is 0 Å². The van der Waals surface area contributed by atoms with Crippen molar-refractivity contribution in [2.24, 2.45) is 0 Å². The van der Waals surface area contributed by atoms with Gasteiger partial charge < -0.3 is 0 Å². The van der Waals surface area contributed by atoms with Crippen molar-refractivity contribution < 1.29 is 12.6 Å². The summed E-state index contributed by atoms with van der Waals surface area (Å²) in [4.78, 5) is 0.155. The summed E-state index contributed by atoms with van der Waals surface area (Å²) in [5.41, 5.74) is 1.00. The van der Waals surface area contributed by atoms with Gasteiger partial charge in [0.2, 0.25) is 0 Å². The normalized spacial score (nSPS) is 12.7. The van der Waals surface area contributed by atoms with Gasteiger partial charge in [-0.1, -0.05) is 23.6 Å². The lowest BCUT2D eigenvalue weighted by Gasteiger charge is -2.07. The van der Waals surface area contributed by atoms with Gasteiger partial charge in [-0.25, -0.2) is 0 Å². The Balaban J connectivity index is 2.93. The Kier molecular flexibility index (Phi) is 4.11. The third-order valence-corrected chi connectivity index (χ3v) is 3.32. The largest absolute Gasteiger partial charge is 0.298 e. The number of benzene rings is 1. The third kappa shape index (κ3) is 3.37. The molecule has 16 heavy (non-hydrogen) atoms. The second-order valence-electron chi connectivity index (χ2n) is 3.40. The van der Waals surface area contributed by atoms with E-state index < -0.39 is 16.2 Å². The lowest BCUT2D eigenvalue weighted by molar-refractivity contribution is 0.283. The highest BCUT2D eigenvalue weighted by Crippen LogP contribution is 2.14. The molecule has 1 unspecified atom stereocenters. The van der Waals surface area contributed by atoms with Crippen LogP contribution in [0.25, 0.3) is 0 Å². The fraction of sp³-hybridized carbons (Fsp3) is 0.333. The van der Waals surface area contributed by atoms with Gasteiger partial charge >= 0.3 is 0 Å². The maximum Gasteiger partial charge on any atom is 0.298 e. The molecule has 0 aliphatic heterocycles. The van der Waals surface area contributed by atoms with Crippen LogP contribution in [-0.2, 0) is 14.3 Å². The van der Waals surface area contributed by atoms with Crippen molar-refractivity contribution in [3.63, 3.8) is 0 Å². The van der Waals surface area contributed by atoms with Gasteiger partial charge in [-0.15, -0.1) is 5.92 Å². The van der Waals surface area contributed by atoms with Gasteiger partial charge in [0.15, 0.2) is 0 Å². The summed E-state index contributed by atoms with van der Waals surface area (Å²) in [6.07, 6.45) is -0.628. The molecular formula is C12H14O3S. The summed E-state index contributed by atoms with van der Waals surface area (Å²) in [5, 5.41) is 0. The van der Waals surface area contributed by atoms with Crippen molar-refractivity contribution in [2.45, 2.75) is 31.8 Å². The first-order valence-corrected chi connectivity index (χ1v) is 6.29. The van der Waals surface area contributed by atoms with Crippen LogP contribution >= 0.6 is 0 Å². The summed E-state index contributed by atoms with van der Waals surface area (Å²) in [6, 6.07) is 6.51. The fourth-order valence-electron chi connectivity index (χ4n) is 1.18. The van der Waals surface area contributed by atoms with E-state index in [1.807, 2.05) is 6.92 Å². The molecule has 3 nitrogen and oxygen atoms in total. The monoisotopic (exact) mass is 238 g/mol. The van der Waals surface area contributed by atoms with Crippen LogP contribution in [0.1, 0.15) is 19.4 Å². The second kappa shape index (κ2) is 5.15. The summed E-state index contributed by atoms with van der Waals surface area (Å²) in [7, 11) is -3.70. The van der Waals surface area contributed by atoms with Crippen molar-refractivity contribution >= 4 is 10.1 Å². The maximum atomic E-state index is 11.7. The maximum absolute atomic E-state index is 11.7. The van der Waals surface area contributed by atoms with Crippen LogP contribution in [0, 0.1) is 18.8 Å². The molecule has 0 radical (unpaired) electrons. The van der Waals surface area contributed by atoms with E-state index in [2.05, 4.69) is 11.8 Å². The SMILES string of the molecule is CC#CC(C)OS(=O)(=O)c1ccc(C)cc1. The Morgan fingerprint density at radius 2 is 1.81 bits per heavy atom. The molecule has 0 saturated carbocycles. The minimum absolute atomic E-state index is 0.155. The molecule has 1 atom stereocenters. The Labute approximate surface area is 96.6 Å². The molecule has 1 aromatic carbocycles. The molecule has 0 heterocycles. The number of rotatable bonds is 3. The van der Waals surface area contributed by atoms with Crippen molar-refractivity contribution in [3.05, 3.63) is 29.8 Å². The first kappa shape index (κ1) is 12.8. The highest BCUT2D eigenvalue weighted by atomic mass is 32.2. The highest BCUT2D eigenvalue weighted by molar-refractivity contribution is 7.86. The smallest absolute Gasteiger partial charge is 0.250 e. The summed E-state index contributed by atoms with van der Waals surface area (Å²) in [6.45, 7) is 5.13. The molecule has 0 bridgehead atoms. The van der Waals surface area contributed by atoms with E-state index in [1.54, 1.807) is 26.0 Å². The average Bonchev–Trinajstić information content (AvgIpc) is 2.17. The van der Waals surface area contributed by atoms with E-state index in [0.717, 1.165) is 5.56 Å². The lowest BCUT2D eigenvalue weighted by atomic mass is 10.2.